The molecule has 0 radical (unpaired) electrons. The SMILES string of the molecule is C[C@@H](O)[C@H](NC(=O)c1ccc(C#Cc2ccccc2NC(=O)CN)cc1)C(=O)CO. The van der Waals surface area contributed by atoms with E-state index in [0.717, 1.165) is 0 Å². The molecule has 0 spiro atoms. The number of nitrogens with two attached hydrogens (primary N) is 1. The number of ketones is 1. The van der Waals surface area contributed by atoms with E-state index in [4.69, 9.17) is 10.8 Å². The number of carbonyl (C=O) groups is 3. The Morgan fingerprint density at radius 1 is 1.07 bits per heavy atom. The number of anilines is 1. The van der Waals surface area contributed by atoms with Crippen LogP contribution in [0.1, 0.15) is 28.4 Å². The summed E-state index contributed by atoms with van der Waals surface area (Å²) in [6.07, 6.45) is -1.14. The van der Waals surface area contributed by atoms with E-state index in [1.165, 1.54) is 19.1 Å². The quantitative estimate of drug-likeness (QED) is 0.408. The molecule has 2 rings (SSSR count). The fraction of sp³-hybridized carbons (Fsp3) is 0.227. The van der Waals surface area contributed by atoms with Gasteiger partial charge in [0.25, 0.3) is 5.91 Å². The van der Waals surface area contributed by atoms with Crippen molar-refractivity contribution in [1.29, 1.82) is 0 Å². The van der Waals surface area contributed by atoms with Crippen LogP contribution >= 0.6 is 0 Å². The Morgan fingerprint density at radius 2 is 1.73 bits per heavy atom. The highest BCUT2D eigenvalue weighted by Crippen LogP contribution is 2.14. The highest BCUT2D eigenvalue weighted by Gasteiger charge is 2.25. The summed E-state index contributed by atoms with van der Waals surface area (Å²) >= 11 is 0. The predicted molar refractivity (Wildman–Crippen MR) is 112 cm³/mol. The number of hydrogen-bond donors (Lipinski definition) is 5. The zero-order chi connectivity index (χ0) is 22.1. The van der Waals surface area contributed by atoms with Crippen LogP contribution in [0.25, 0.3) is 0 Å². The molecule has 156 valence electrons. The van der Waals surface area contributed by atoms with Crippen LogP contribution in [0.15, 0.2) is 48.5 Å². The molecule has 0 bridgehead atoms. The van der Waals surface area contributed by atoms with Gasteiger partial charge < -0.3 is 26.6 Å². The van der Waals surface area contributed by atoms with Crippen molar-refractivity contribution in [3.05, 3.63) is 65.2 Å². The molecule has 2 aromatic carbocycles. The average Bonchev–Trinajstić information content (AvgIpc) is 2.76. The molecule has 0 aliphatic heterocycles. The molecule has 0 fully saturated rings. The first-order valence-corrected chi connectivity index (χ1v) is 9.19. The van der Waals surface area contributed by atoms with Crippen LogP contribution < -0.4 is 16.4 Å². The second kappa shape index (κ2) is 10.9. The van der Waals surface area contributed by atoms with Gasteiger partial charge in [-0.25, -0.2) is 0 Å². The molecule has 30 heavy (non-hydrogen) atoms. The maximum absolute atomic E-state index is 12.3. The van der Waals surface area contributed by atoms with E-state index >= 15 is 0 Å². The maximum atomic E-state index is 12.3. The number of amides is 2. The molecule has 6 N–H and O–H groups in total. The van der Waals surface area contributed by atoms with E-state index in [9.17, 15) is 19.5 Å². The first-order valence-electron chi connectivity index (χ1n) is 9.19. The molecule has 8 nitrogen and oxygen atoms in total. The van der Waals surface area contributed by atoms with Gasteiger partial charge in [-0.1, -0.05) is 24.0 Å². The number of para-hydroxylation sites is 1. The Kier molecular flexibility index (Phi) is 8.26. The van der Waals surface area contributed by atoms with Crippen LogP contribution in [0.4, 0.5) is 5.69 Å². The smallest absolute Gasteiger partial charge is 0.251 e. The first-order chi connectivity index (χ1) is 14.3. The van der Waals surface area contributed by atoms with Crippen molar-refractivity contribution in [2.75, 3.05) is 18.5 Å². The van der Waals surface area contributed by atoms with Gasteiger partial charge in [-0.05, 0) is 43.3 Å². The number of hydrogen-bond acceptors (Lipinski definition) is 6. The Morgan fingerprint density at radius 3 is 2.33 bits per heavy atom. The fourth-order valence-corrected chi connectivity index (χ4v) is 2.54. The van der Waals surface area contributed by atoms with E-state index in [-0.39, 0.29) is 18.0 Å². The number of carbonyl (C=O) groups excluding carboxylic acids is 3. The third kappa shape index (κ3) is 6.25. The minimum absolute atomic E-state index is 0.134. The van der Waals surface area contributed by atoms with E-state index in [2.05, 4.69) is 22.5 Å². The summed E-state index contributed by atoms with van der Waals surface area (Å²) in [4.78, 5) is 35.5. The molecule has 0 saturated carbocycles. The van der Waals surface area contributed by atoms with Gasteiger partial charge in [-0.15, -0.1) is 0 Å². The highest BCUT2D eigenvalue weighted by molar-refractivity contribution is 5.98. The minimum Gasteiger partial charge on any atom is -0.391 e. The summed E-state index contributed by atoms with van der Waals surface area (Å²) in [6, 6.07) is 12.2. The Labute approximate surface area is 174 Å². The van der Waals surface area contributed by atoms with E-state index in [1.807, 2.05) is 0 Å². The number of aliphatic hydroxyl groups excluding tert-OH is 2. The fourth-order valence-electron chi connectivity index (χ4n) is 2.54. The second-order valence-electron chi connectivity index (χ2n) is 6.44. The third-order valence-electron chi connectivity index (χ3n) is 4.15. The lowest BCUT2D eigenvalue weighted by Gasteiger charge is -2.19. The Hall–Kier alpha value is -3.51. The maximum Gasteiger partial charge on any atom is 0.251 e. The van der Waals surface area contributed by atoms with E-state index < -0.39 is 30.4 Å². The molecule has 0 aromatic heterocycles. The Bertz CT molecular complexity index is 974. The van der Waals surface area contributed by atoms with Crippen LogP contribution in [-0.2, 0) is 9.59 Å². The number of aliphatic hydroxyl groups is 2. The lowest BCUT2D eigenvalue weighted by molar-refractivity contribution is -0.125. The molecule has 0 aliphatic carbocycles. The third-order valence-corrected chi connectivity index (χ3v) is 4.15. The number of rotatable bonds is 7. The zero-order valence-corrected chi connectivity index (χ0v) is 16.4. The van der Waals surface area contributed by atoms with Crippen molar-refractivity contribution < 1.29 is 24.6 Å². The summed E-state index contributed by atoms with van der Waals surface area (Å²) < 4.78 is 0. The summed E-state index contributed by atoms with van der Waals surface area (Å²) in [7, 11) is 0. The molecular weight excluding hydrogens is 386 g/mol. The molecular formula is C22H23N3O5. The normalized spacial score (nSPS) is 12.1. The Balaban J connectivity index is 2.14. The number of benzene rings is 2. The molecule has 0 unspecified atom stereocenters. The lowest BCUT2D eigenvalue weighted by atomic mass is 10.1. The molecule has 2 amide bonds. The molecule has 0 saturated heterocycles. The van der Waals surface area contributed by atoms with Crippen molar-refractivity contribution in [1.82, 2.24) is 5.32 Å². The van der Waals surface area contributed by atoms with Gasteiger partial charge in [0.15, 0.2) is 5.78 Å². The van der Waals surface area contributed by atoms with E-state index in [1.54, 1.807) is 36.4 Å². The first kappa shape index (κ1) is 22.8. The largest absolute Gasteiger partial charge is 0.391 e. The number of Topliss-reactive ketones (excluding diaryl/α,β-unsaturated/α-hetero) is 1. The minimum atomic E-state index is -1.19. The second-order valence-corrected chi connectivity index (χ2v) is 6.44. The van der Waals surface area contributed by atoms with Gasteiger partial charge in [0.1, 0.15) is 12.6 Å². The summed E-state index contributed by atoms with van der Waals surface area (Å²) in [5, 5.41) is 23.7. The van der Waals surface area contributed by atoms with Crippen LogP contribution in [0, 0.1) is 11.8 Å². The highest BCUT2D eigenvalue weighted by atomic mass is 16.3. The summed E-state index contributed by atoms with van der Waals surface area (Å²) in [6.45, 7) is 0.438. The molecule has 2 atom stereocenters. The molecule has 2 aromatic rings. The summed E-state index contributed by atoms with van der Waals surface area (Å²) in [5.41, 5.74) is 7.38. The number of nitrogens with one attached hydrogen (secondary N) is 2. The van der Waals surface area contributed by atoms with Gasteiger partial charge in [0.05, 0.1) is 18.3 Å². The van der Waals surface area contributed by atoms with Crippen LogP contribution in [-0.4, -0.2) is 53.1 Å². The summed E-state index contributed by atoms with van der Waals surface area (Å²) in [5.74, 6) is 4.36. The van der Waals surface area contributed by atoms with Crippen molar-refractivity contribution in [2.45, 2.75) is 19.1 Å². The predicted octanol–water partition coefficient (Wildman–Crippen LogP) is 0.0242. The zero-order valence-electron chi connectivity index (χ0n) is 16.4. The van der Waals surface area contributed by atoms with Gasteiger partial charge in [0, 0.05) is 16.7 Å². The molecule has 0 aliphatic rings. The lowest BCUT2D eigenvalue weighted by Crippen LogP contribution is -2.48. The monoisotopic (exact) mass is 409 g/mol. The van der Waals surface area contributed by atoms with Crippen molar-refractivity contribution >= 4 is 23.3 Å². The molecule has 8 heteroatoms. The standard InChI is InChI=1S/C22H23N3O5/c1-14(27)21(19(28)13-26)25-22(30)17-10-7-15(8-11-17)6-9-16-4-2-3-5-18(16)24-20(29)12-23/h2-5,7-8,10-11,14,21,26-27H,12-13,23H2,1H3,(H,24,29)(H,25,30)/t14-,21+/m1/s1. The van der Waals surface area contributed by atoms with E-state index in [0.29, 0.717) is 16.8 Å². The van der Waals surface area contributed by atoms with Gasteiger partial charge in [0.2, 0.25) is 5.91 Å². The van der Waals surface area contributed by atoms with Crippen molar-refractivity contribution in [2.24, 2.45) is 5.73 Å². The van der Waals surface area contributed by atoms with Crippen molar-refractivity contribution in [3.8, 4) is 11.8 Å². The van der Waals surface area contributed by atoms with Crippen LogP contribution in [0.3, 0.4) is 0 Å². The molecule has 0 heterocycles. The van der Waals surface area contributed by atoms with Crippen molar-refractivity contribution in [3.63, 3.8) is 0 Å². The topological polar surface area (TPSA) is 142 Å². The van der Waals surface area contributed by atoms with Gasteiger partial charge in [-0.3, -0.25) is 14.4 Å². The van der Waals surface area contributed by atoms with Gasteiger partial charge >= 0.3 is 0 Å². The average molecular weight is 409 g/mol. The van der Waals surface area contributed by atoms with Crippen LogP contribution in [0.2, 0.25) is 0 Å². The van der Waals surface area contributed by atoms with Gasteiger partial charge in [-0.2, -0.15) is 0 Å². The van der Waals surface area contributed by atoms with Crippen LogP contribution in [0.5, 0.6) is 0 Å².